The molecule has 1 aromatic heterocycles. The molecule has 0 fully saturated rings. The average Bonchev–Trinajstić information content (AvgIpc) is 2.83. The van der Waals surface area contributed by atoms with Crippen molar-refractivity contribution in [1.82, 2.24) is 9.55 Å². The van der Waals surface area contributed by atoms with Crippen LogP contribution in [-0.4, -0.2) is 26.4 Å². The van der Waals surface area contributed by atoms with E-state index in [2.05, 4.69) is 4.98 Å². The number of carboxylic acids is 1. The van der Waals surface area contributed by atoms with Crippen molar-refractivity contribution in [3.8, 4) is 0 Å². The second-order valence-electron chi connectivity index (χ2n) is 7.40. The zero-order valence-corrected chi connectivity index (χ0v) is 15.7. The third kappa shape index (κ3) is 4.04. The molecule has 2 rings (SSSR count). The van der Waals surface area contributed by atoms with Crippen LogP contribution in [0.15, 0.2) is 18.2 Å². The van der Waals surface area contributed by atoms with Crippen molar-refractivity contribution in [2.24, 2.45) is 0 Å². The summed E-state index contributed by atoms with van der Waals surface area (Å²) in [7, 11) is 0. The number of benzene rings is 1. The number of carbonyl (C=O) groups excluding carboxylic acids is 1. The number of imidazole rings is 1. The topological polar surface area (TPSA) is 72.2 Å². The van der Waals surface area contributed by atoms with Crippen LogP contribution in [0.4, 0.5) is 13.2 Å². The van der Waals surface area contributed by atoms with Crippen molar-refractivity contribution in [1.29, 1.82) is 0 Å². The maximum Gasteiger partial charge on any atom is 0.417 e. The van der Waals surface area contributed by atoms with Crippen LogP contribution < -0.4 is 0 Å². The number of rotatable bonds is 4. The Morgan fingerprint density at radius 3 is 2.22 bits per heavy atom. The van der Waals surface area contributed by atoms with Gasteiger partial charge in [0.25, 0.3) is 0 Å². The minimum atomic E-state index is -4.72. The summed E-state index contributed by atoms with van der Waals surface area (Å²) in [5, 5.41) is 9.34. The Hall–Kier alpha value is -2.64. The highest BCUT2D eigenvalue weighted by Crippen LogP contribution is 2.36. The molecule has 1 aromatic carbocycles. The van der Waals surface area contributed by atoms with Crippen molar-refractivity contribution in [3.05, 3.63) is 52.1 Å². The fourth-order valence-electron chi connectivity index (χ4n) is 3.03. The summed E-state index contributed by atoms with van der Waals surface area (Å²) in [4.78, 5) is 27.3. The van der Waals surface area contributed by atoms with Crippen LogP contribution in [0.3, 0.4) is 0 Å². The number of hydrogen-bond acceptors (Lipinski definition) is 3. The highest BCUT2D eigenvalue weighted by Gasteiger charge is 2.37. The molecule has 0 bridgehead atoms. The number of carboxylic acid groups (broad SMARTS) is 1. The molecule has 5 nitrogen and oxygen atoms in total. The number of aromatic carboxylic acids is 1. The van der Waals surface area contributed by atoms with E-state index >= 15 is 0 Å². The molecular formula is C19H21F3N2O3. The van der Waals surface area contributed by atoms with Crippen LogP contribution in [0.25, 0.3) is 0 Å². The molecule has 0 spiro atoms. The molecule has 0 saturated carbocycles. The number of carbonyl (C=O) groups is 2. The van der Waals surface area contributed by atoms with Crippen molar-refractivity contribution >= 4 is 11.8 Å². The van der Waals surface area contributed by atoms with Crippen molar-refractivity contribution in [2.45, 2.75) is 52.8 Å². The molecule has 1 heterocycles. The maximum atomic E-state index is 13.7. The number of halogens is 3. The van der Waals surface area contributed by atoms with E-state index < -0.39 is 34.5 Å². The molecule has 0 amide bonds. The molecule has 1 N–H and O–H groups in total. The summed E-state index contributed by atoms with van der Waals surface area (Å²) in [6.07, 6.45) is -4.72. The molecule has 0 aliphatic heterocycles. The van der Waals surface area contributed by atoms with Gasteiger partial charge in [0.1, 0.15) is 5.82 Å². The van der Waals surface area contributed by atoms with Gasteiger partial charge < -0.3 is 9.67 Å². The Bertz CT molecular complexity index is 906. The number of ketones is 1. The van der Waals surface area contributed by atoms with E-state index in [4.69, 9.17) is 0 Å². The quantitative estimate of drug-likeness (QED) is 0.793. The van der Waals surface area contributed by atoms with Gasteiger partial charge in [0.15, 0.2) is 11.5 Å². The summed E-state index contributed by atoms with van der Waals surface area (Å²) in [6, 6.07) is 3.83. The lowest BCUT2D eigenvalue weighted by Crippen LogP contribution is -2.22. The van der Waals surface area contributed by atoms with Crippen LogP contribution in [0.2, 0.25) is 0 Å². The number of aromatic nitrogens is 2. The van der Waals surface area contributed by atoms with E-state index in [1.165, 1.54) is 23.6 Å². The fourth-order valence-corrected chi connectivity index (χ4v) is 3.03. The number of nitrogens with zero attached hydrogens (tertiary/aromatic N) is 2. The summed E-state index contributed by atoms with van der Waals surface area (Å²) in [6.45, 7) is 7.75. The largest absolute Gasteiger partial charge is 0.476 e. The fraction of sp³-hybridized carbons (Fsp3) is 0.421. The van der Waals surface area contributed by atoms with E-state index in [1.54, 1.807) is 20.8 Å². The van der Waals surface area contributed by atoms with Gasteiger partial charge in [0, 0.05) is 23.2 Å². The third-order valence-electron chi connectivity index (χ3n) is 4.24. The van der Waals surface area contributed by atoms with E-state index in [0.29, 0.717) is 5.82 Å². The second-order valence-corrected chi connectivity index (χ2v) is 7.40. The summed E-state index contributed by atoms with van der Waals surface area (Å²) in [5.41, 5.74) is -2.05. The van der Waals surface area contributed by atoms with E-state index in [1.807, 2.05) is 0 Å². The summed E-state index contributed by atoms with van der Waals surface area (Å²) < 4.78 is 42.5. The maximum absolute atomic E-state index is 13.7. The van der Waals surface area contributed by atoms with Crippen LogP contribution in [0, 0.1) is 6.92 Å². The van der Waals surface area contributed by atoms with Gasteiger partial charge in [0.2, 0.25) is 0 Å². The lowest BCUT2D eigenvalue weighted by atomic mass is 9.94. The van der Waals surface area contributed by atoms with Gasteiger partial charge in [-0.05, 0) is 19.4 Å². The van der Waals surface area contributed by atoms with Crippen LogP contribution in [-0.2, 0) is 18.1 Å². The Morgan fingerprint density at radius 2 is 1.78 bits per heavy atom. The lowest BCUT2D eigenvalue weighted by Gasteiger charge is -2.22. The van der Waals surface area contributed by atoms with Gasteiger partial charge in [-0.15, -0.1) is 0 Å². The first kappa shape index (κ1) is 20.7. The van der Waals surface area contributed by atoms with Gasteiger partial charge in [-0.3, -0.25) is 4.79 Å². The molecule has 0 atom stereocenters. The standard InChI is InChI=1S/C19H21F3N2O3/c1-10-15(16(26)27)23-17(18(3,4)5)24(10)9-12-7-6-8-13(11(2)25)14(12)19(20,21)22/h6-8H,9H2,1-5H3,(H,26,27). The molecule has 27 heavy (non-hydrogen) atoms. The van der Waals surface area contributed by atoms with Crippen molar-refractivity contribution < 1.29 is 27.9 Å². The van der Waals surface area contributed by atoms with Gasteiger partial charge in [-0.1, -0.05) is 39.0 Å². The van der Waals surface area contributed by atoms with Crippen LogP contribution >= 0.6 is 0 Å². The lowest BCUT2D eigenvalue weighted by molar-refractivity contribution is -0.138. The number of hydrogen-bond donors (Lipinski definition) is 1. The van der Waals surface area contributed by atoms with E-state index in [9.17, 15) is 27.9 Å². The van der Waals surface area contributed by atoms with Crippen molar-refractivity contribution in [2.75, 3.05) is 0 Å². The van der Waals surface area contributed by atoms with Gasteiger partial charge in [0.05, 0.1) is 5.56 Å². The summed E-state index contributed by atoms with van der Waals surface area (Å²) in [5.74, 6) is -1.57. The Labute approximate surface area is 154 Å². The first-order valence-electron chi connectivity index (χ1n) is 8.26. The molecule has 146 valence electrons. The first-order chi connectivity index (χ1) is 12.2. The molecule has 0 aliphatic rings. The second kappa shape index (κ2) is 6.83. The predicted molar refractivity (Wildman–Crippen MR) is 93.2 cm³/mol. The molecule has 8 heteroatoms. The minimum absolute atomic E-state index is 0.113. The van der Waals surface area contributed by atoms with E-state index in [0.717, 1.165) is 13.0 Å². The smallest absolute Gasteiger partial charge is 0.417 e. The predicted octanol–water partition coefficient (Wildman–Crippen LogP) is 4.46. The van der Waals surface area contributed by atoms with Gasteiger partial charge in [-0.25, -0.2) is 9.78 Å². The summed E-state index contributed by atoms with van der Waals surface area (Å²) >= 11 is 0. The Morgan fingerprint density at radius 1 is 1.19 bits per heavy atom. The highest BCUT2D eigenvalue weighted by atomic mass is 19.4. The van der Waals surface area contributed by atoms with Gasteiger partial charge >= 0.3 is 12.1 Å². The molecule has 0 aliphatic carbocycles. The number of alkyl halides is 3. The van der Waals surface area contributed by atoms with Gasteiger partial charge in [-0.2, -0.15) is 13.2 Å². The molecule has 0 unspecified atom stereocenters. The highest BCUT2D eigenvalue weighted by molar-refractivity contribution is 5.96. The minimum Gasteiger partial charge on any atom is -0.476 e. The van der Waals surface area contributed by atoms with E-state index in [-0.39, 0.29) is 23.5 Å². The van der Waals surface area contributed by atoms with Crippen molar-refractivity contribution in [3.63, 3.8) is 0 Å². The molecule has 0 saturated heterocycles. The zero-order chi connectivity index (χ0) is 20.7. The SMILES string of the molecule is CC(=O)c1cccc(Cn2c(C(C)(C)C)nc(C(=O)O)c2C)c1C(F)(F)F. The zero-order valence-electron chi connectivity index (χ0n) is 15.7. The van der Waals surface area contributed by atoms with Crippen LogP contribution in [0.1, 0.15) is 71.2 Å². The Balaban J connectivity index is 2.73. The third-order valence-corrected chi connectivity index (χ3v) is 4.24. The normalized spacial score (nSPS) is 12.3. The average molecular weight is 382 g/mol. The number of Topliss-reactive ketones (excluding diaryl/α,β-unsaturated/α-hetero) is 1. The Kier molecular flexibility index (Phi) is 5.23. The monoisotopic (exact) mass is 382 g/mol. The van der Waals surface area contributed by atoms with Crippen LogP contribution in [0.5, 0.6) is 0 Å². The molecule has 0 radical (unpaired) electrons. The first-order valence-corrected chi connectivity index (χ1v) is 8.26. The molecular weight excluding hydrogens is 361 g/mol. The molecule has 2 aromatic rings.